The molecular formula is C15H20ClNO3. The van der Waals surface area contributed by atoms with E-state index in [4.69, 9.17) is 21.1 Å². The van der Waals surface area contributed by atoms with E-state index < -0.39 is 0 Å². The number of alkyl halides is 1. The van der Waals surface area contributed by atoms with E-state index >= 15 is 0 Å². The van der Waals surface area contributed by atoms with Gasteiger partial charge in [0.1, 0.15) is 13.2 Å². The zero-order valence-corrected chi connectivity index (χ0v) is 12.4. The average molecular weight is 298 g/mol. The summed E-state index contributed by atoms with van der Waals surface area (Å²) in [7, 11) is 0. The Balaban J connectivity index is 1.95. The number of ether oxygens (including phenoxy) is 2. The highest BCUT2D eigenvalue weighted by Crippen LogP contribution is 2.30. The molecule has 110 valence electrons. The van der Waals surface area contributed by atoms with Gasteiger partial charge in [0.05, 0.1) is 0 Å². The van der Waals surface area contributed by atoms with Crippen LogP contribution >= 0.6 is 11.6 Å². The van der Waals surface area contributed by atoms with Crippen molar-refractivity contribution in [3.05, 3.63) is 23.8 Å². The van der Waals surface area contributed by atoms with Crippen LogP contribution in [0.25, 0.3) is 0 Å². The number of carbonyl (C=O) groups excluding carboxylic acids is 1. The van der Waals surface area contributed by atoms with Crippen molar-refractivity contribution in [2.75, 3.05) is 25.6 Å². The lowest BCUT2D eigenvalue weighted by Gasteiger charge is -2.19. The lowest BCUT2D eigenvalue weighted by molar-refractivity contribution is 0.0945. The molecule has 1 aliphatic heterocycles. The molecule has 2 rings (SSSR count). The highest BCUT2D eigenvalue weighted by molar-refractivity contribution is 6.17. The van der Waals surface area contributed by atoms with Crippen molar-refractivity contribution in [3.63, 3.8) is 0 Å². The van der Waals surface area contributed by atoms with Crippen LogP contribution in [0.3, 0.4) is 0 Å². The molecule has 0 saturated heterocycles. The highest BCUT2D eigenvalue weighted by Gasteiger charge is 2.15. The molecule has 0 radical (unpaired) electrons. The fourth-order valence-corrected chi connectivity index (χ4v) is 2.44. The monoisotopic (exact) mass is 297 g/mol. The van der Waals surface area contributed by atoms with Gasteiger partial charge in [-0.1, -0.05) is 13.3 Å². The zero-order chi connectivity index (χ0) is 14.4. The van der Waals surface area contributed by atoms with Crippen molar-refractivity contribution in [1.82, 2.24) is 5.32 Å². The van der Waals surface area contributed by atoms with Crippen molar-refractivity contribution in [3.8, 4) is 11.5 Å². The van der Waals surface area contributed by atoms with Crippen molar-refractivity contribution in [1.29, 1.82) is 0 Å². The Morgan fingerprint density at radius 3 is 2.80 bits per heavy atom. The van der Waals surface area contributed by atoms with Crippen molar-refractivity contribution in [2.45, 2.75) is 19.8 Å². The smallest absolute Gasteiger partial charge is 0.251 e. The molecule has 0 fully saturated rings. The molecule has 0 spiro atoms. The van der Waals surface area contributed by atoms with E-state index in [1.807, 2.05) is 0 Å². The summed E-state index contributed by atoms with van der Waals surface area (Å²) in [6.45, 7) is 3.82. The predicted molar refractivity (Wildman–Crippen MR) is 78.9 cm³/mol. The van der Waals surface area contributed by atoms with Gasteiger partial charge in [-0.25, -0.2) is 0 Å². The molecule has 1 amide bonds. The van der Waals surface area contributed by atoms with Crippen molar-refractivity contribution >= 4 is 17.5 Å². The van der Waals surface area contributed by atoms with Crippen LogP contribution in [0.2, 0.25) is 0 Å². The summed E-state index contributed by atoms with van der Waals surface area (Å²) in [5.74, 6) is 2.29. The quantitative estimate of drug-likeness (QED) is 0.821. The Hall–Kier alpha value is -1.42. The minimum absolute atomic E-state index is 0.0880. The highest BCUT2D eigenvalue weighted by atomic mass is 35.5. The van der Waals surface area contributed by atoms with E-state index in [0.29, 0.717) is 48.6 Å². The Labute approximate surface area is 124 Å². The Kier molecular flexibility index (Phi) is 5.53. The van der Waals surface area contributed by atoms with Gasteiger partial charge >= 0.3 is 0 Å². The fourth-order valence-electron chi connectivity index (χ4n) is 2.13. The number of rotatable bonds is 6. The molecule has 1 heterocycles. The third kappa shape index (κ3) is 3.79. The Bertz CT molecular complexity index is 464. The van der Waals surface area contributed by atoms with Gasteiger partial charge in [0, 0.05) is 18.0 Å². The molecule has 1 unspecified atom stereocenters. The molecule has 4 nitrogen and oxygen atoms in total. The van der Waals surface area contributed by atoms with E-state index in [2.05, 4.69) is 12.2 Å². The van der Waals surface area contributed by atoms with Crippen molar-refractivity contribution in [2.24, 2.45) is 5.92 Å². The maximum Gasteiger partial charge on any atom is 0.251 e. The van der Waals surface area contributed by atoms with Crippen LogP contribution in [-0.4, -0.2) is 31.5 Å². The average Bonchev–Trinajstić information content (AvgIpc) is 2.50. The number of hydrogen-bond acceptors (Lipinski definition) is 3. The number of nitrogens with one attached hydrogen (secondary N) is 1. The number of benzene rings is 1. The first kappa shape index (κ1) is 15.0. The second-order valence-corrected chi connectivity index (χ2v) is 5.20. The van der Waals surface area contributed by atoms with Gasteiger partial charge in [0.25, 0.3) is 5.91 Å². The Morgan fingerprint density at radius 1 is 1.35 bits per heavy atom. The van der Waals surface area contributed by atoms with Gasteiger partial charge in [-0.3, -0.25) is 4.79 Å². The van der Waals surface area contributed by atoms with Gasteiger partial charge in [-0.2, -0.15) is 0 Å². The van der Waals surface area contributed by atoms with E-state index in [-0.39, 0.29) is 5.91 Å². The largest absolute Gasteiger partial charge is 0.486 e. The van der Waals surface area contributed by atoms with E-state index in [1.165, 1.54) is 0 Å². The number of hydrogen-bond donors (Lipinski definition) is 1. The molecule has 1 atom stereocenters. The minimum Gasteiger partial charge on any atom is -0.486 e. The second-order valence-electron chi connectivity index (χ2n) is 4.82. The van der Waals surface area contributed by atoms with Gasteiger partial charge in [0.2, 0.25) is 0 Å². The molecule has 0 aliphatic carbocycles. The molecule has 1 aliphatic rings. The molecule has 20 heavy (non-hydrogen) atoms. The third-order valence-electron chi connectivity index (χ3n) is 3.45. The van der Waals surface area contributed by atoms with Gasteiger partial charge in [0.15, 0.2) is 11.5 Å². The van der Waals surface area contributed by atoms with Crippen LogP contribution in [0, 0.1) is 5.92 Å². The molecule has 0 saturated carbocycles. The topological polar surface area (TPSA) is 47.6 Å². The van der Waals surface area contributed by atoms with Gasteiger partial charge in [-0.05, 0) is 30.5 Å². The minimum atomic E-state index is -0.0880. The molecule has 0 bridgehead atoms. The van der Waals surface area contributed by atoms with Gasteiger partial charge < -0.3 is 14.8 Å². The number of fused-ring (bicyclic) bond motifs is 1. The summed E-state index contributed by atoms with van der Waals surface area (Å²) in [5.41, 5.74) is 0.593. The summed E-state index contributed by atoms with van der Waals surface area (Å²) < 4.78 is 10.9. The van der Waals surface area contributed by atoms with Crippen LogP contribution in [0.15, 0.2) is 18.2 Å². The first-order valence-corrected chi connectivity index (χ1v) is 7.51. The molecule has 0 aromatic heterocycles. The van der Waals surface area contributed by atoms with Gasteiger partial charge in [-0.15, -0.1) is 11.6 Å². The van der Waals surface area contributed by atoms with Crippen LogP contribution in [0.1, 0.15) is 30.1 Å². The first-order valence-electron chi connectivity index (χ1n) is 6.98. The van der Waals surface area contributed by atoms with Crippen LogP contribution < -0.4 is 14.8 Å². The molecule has 1 aromatic carbocycles. The fraction of sp³-hybridized carbons (Fsp3) is 0.533. The number of amides is 1. The predicted octanol–water partition coefficient (Wildman–Crippen LogP) is 2.84. The Morgan fingerprint density at radius 2 is 2.10 bits per heavy atom. The second kappa shape index (κ2) is 7.39. The summed E-state index contributed by atoms with van der Waals surface area (Å²) >= 11 is 5.74. The van der Waals surface area contributed by atoms with E-state index in [1.54, 1.807) is 18.2 Å². The maximum atomic E-state index is 12.1. The molecular weight excluding hydrogens is 278 g/mol. The lowest BCUT2D eigenvalue weighted by atomic mass is 10.0. The standard InChI is InChI=1S/C15H20ClNO3/c1-2-11(5-6-16)10-17-15(18)12-3-4-13-14(9-12)20-8-7-19-13/h3-4,9,11H,2,5-8,10H2,1H3,(H,17,18). The summed E-state index contributed by atoms with van der Waals surface area (Å²) in [6, 6.07) is 5.26. The molecule has 5 heteroatoms. The lowest BCUT2D eigenvalue weighted by Crippen LogP contribution is -2.29. The van der Waals surface area contributed by atoms with E-state index in [0.717, 1.165) is 12.8 Å². The maximum absolute atomic E-state index is 12.1. The third-order valence-corrected chi connectivity index (χ3v) is 3.67. The normalized spacial score (nSPS) is 14.7. The summed E-state index contributed by atoms with van der Waals surface area (Å²) in [4.78, 5) is 12.1. The number of halogens is 1. The van der Waals surface area contributed by atoms with Crippen LogP contribution in [0.4, 0.5) is 0 Å². The zero-order valence-electron chi connectivity index (χ0n) is 11.7. The summed E-state index contributed by atoms with van der Waals surface area (Å²) in [6.07, 6.45) is 1.92. The first-order chi connectivity index (χ1) is 9.74. The van der Waals surface area contributed by atoms with Crippen molar-refractivity contribution < 1.29 is 14.3 Å². The van der Waals surface area contributed by atoms with E-state index in [9.17, 15) is 4.79 Å². The summed E-state index contributed by atoms with van der Waals surface area (Å²) in [5, 5.41) is 2.95. The SMILES string of the molecule is CCC(CCCl)CNC(=O)c1ccc2c(c1)OCCO2. The van der Waals surface area contributed by atoms with Crippen LogP contribution in [0.5, 0.6) is 11.5 Å². The number of carbonyl (C=O) groups is 1. The van der Waals surface area contributed by atoms with Crippen LogP contribution in [-0.2, 0) is 0 Å². The molecule has 1 aromatic rings. The molecule has 1 N–H and O–H groups in total.